The zero-order chi connectivity index (χ0) is 18.9. The predicted molar refractivity (Wildman–Crippen MR) is 115 cm³/mol. The maximum Gasteiger partial charge on any atom is 0.108 e. The lowest BCUT2D eigenvalue weighted by atomic mass is 9.70. The van der Waals surface area contributed by atoms with Crippen molar-refractivity contribution in [2.45, 2.75) is 25.8 Å². The van der Waals surface area contributed by atoms with Gasteiger partial charge in [-0.1, -0.05) is 23.7 Å². The molecule has 5 heteroatoms. The van der Waals surface area contributed by atoms with Crippen LogP contribution in [0.1, 0.15) is 24.0 Å². The van der Waals surface area contributed by atoms with Gasteiger partial charge in [0.15, 0.2) is 0 Å². The summed E-state index contributed by atoms with van der Waals surface area (Å²) in [5, 5.41) is 7.95. The molecular weight excluding hydrogens is 356 g/mol. The van der Waals surface area contributed by atoms with E-state index in [9.17, 15) is 0 Å². The summed E-state index contributed by atoms with van der Waals surface area (Å²) in [4.78, 5) is 7.20. The molecule has 1 fully saturated rings. The van der Waals surface area contributed by atoms with E-state index in [0.29, 0.717) is 6.54 Å². The van der Waals surface area contributed by atoms with Gasteiger partial charge >= 0.3 is 0 Å². The van der Waals surface area contributed by atoms with Gasteiger partial charge in [-0.05, 0) is 73.8 Å². The monoisotopic (exact) mass is 382 g/mol. The van der Waals surface area contributed by atoms with Gasteiger partial charge in [0.05, 0.1) is 6.54 Å². The maximum absolute atomic E-state index is 6.14. The number of amidine groups is 1. The fourth-order valence-corrected chi connectivity index (χ4v) is 4.38. The van der Waals surface area contributed by atoms with Gasteiger partial charge < -0.3 is 15.5 Å². The summed E-state index contributed by atoms with van der Waals surface area (Å²) in [7, 11) is 4.19. The molecule has 0 unspecified atom stereocenters. The minimum absolute atomic E-state index is 0.0990. The van der Waals surface area contributed by atoms with E-state index in [-0.39, 0.29) is 5.41 Å². The summed E-state index contributed by atoms with van der Waals surface area (Å²) in [5.74, 6) is 1.13. The van der Waals surface area contributed by atoms with E-state index < -0.39 is 0 Å². The highest BCUT2D eigenvalue weighted by Gasteiger charge is 2.41. The van der Waals surface area contributed by atoms with E-state index in [4.69, 9.17) is 16.6 Å². The van der Waals surface area contributed by atoms with E-state index in [1.54, 1.807) is 0 Å². The van der Waals surface area contributed by atoms with Gasteiger partial charge in [0.25, 0.3) is 0 Å². The smallest absolute Gasteiger partial charge is 0.108 e. The lowest BCUT2D eigenvalue weighted by molar-refractivity contribution is 0.293. The first-order valence-corrected chi connectivity index (χ1v) is 10.0. The topological polar surface area (TPSA) is 39.7 Å². The molecule has 2 aliphatic heterocycles. The van der Waals surface area contributed by atoms with E-state index in [2.05, 4.69) is 53.9 Å². The number of hydrogen-bond donors (Lipinski definition) is 2. The average molecular weight is 383 g/mol. The van der Waals surface area contributed by atoms with Crippen molar-refractivity contribution < 1.29 is 0 Å². The largest absolute Gasteiger partial charge is 0.378 e. The van der Waals surface area contributed by atoms with Crippen LogP contribution in [-0.2, 0) is 13.0 Å². The normalized spacial score (nSPS) is 19.6. The molecule has 2 aromatic rings. The molecule has 0 aliphatic carbocycles. The molecule has 2 heterocycles. The molecule has 142 valence electrons. The van der Waals surface area contributed by atoms with Crippen molar-refractivity contribution in [3.63, 3.8) is 0 Å². The molecule has 0 radical (unpaired) electrons. The Balaban J connectivity index is 1.67. The number of anilines is 2. The summed E-state index contributed by atoms with van der Waals surface area (Å²) in [6.45, 7) is 2.74. The Kier molecular flexibility index (Phi) is 5.11. The van der Waals surface area contributed by atoms with Gasteiger partial charge in [-0.3, -0.25) is 4.99 Å². The van der Waals surface area contributed by atoms with Gasteiger partial charge in [-0.2, -0.15) is 0 Å². The van der Waals surface area contributed by atoms with E-state index in [1.807, 2.05) is 18.2 Å². The molecule has 0 atom stereocenters. The van der Waals surface area contributed by atoms with E-state index in [0.717, 1.165) is 48.8 Å². The zero-order valence-corrected chi connectivity index (χ0v) is 16.8. The molecule has 0 aromatic heterocycles. The van der Waals surface area contributed by atoms with Gasteiger partial charge in [-0.25, -0.2) is 0 Å². The van der Waals surface area contributed by atoms with Gasteiger partial charge in [0.2, 0.25) is 0 Å². The van der Waals surface area contributed by atoms with Crippen molar-refractivity contribution in [2.24, 2.45) is 10.4 Å². The molecule has 0 bridgehead atoms. The number of benzene rings is 2. The highest BCUT2D eigenvalue weighted by Crippen LogP contribution is 2.42. The standard InChI is InChI=1S/C22H27ClN4/c1-27(2)19-6-7-20-17(13-19)14-22(8-10-24-11-9-22)21(26-20)25-15-16-4-3-5-18(23)12-16/h3-7,12-13,24H,8-11,14-15H2,1-2H3,(H,25,26). The Morgan fingerprint density at radius 1 is 1.11 bits per heavy atom. The Hall–Kier alpha value is -2.04. The van der Waals surface area contributed by atoms with Crippen molar-refractivity contribution in [1.29, 1.82) is 0 Å². The van der Waals surface area contributed by atoms with Crippen molar-refractivity contribution in [3.8, 4) is 0 Å². The summed E-state index contributed by atoms with van der Waals surface area (Å²) < 4.78 is 0. The first kappa shape index (κ1) is 18.3. The van der Waals surface area contributed by atoms with Gasteiger partial charge in [-0.15, -0.1) is 0 Å². The number of rotatable bonds is 3. The first-order valence-electron chi connectivity index (χ1n) is 9.63. The predicted octanol–water partition coefficient (Wildman–Crippen LogP) is 4.34. The van der Waals surface area contributed by atoms with Crippen LogP contribution in [0.25, 0.3) is 0 Å². The fraction of sp³-hybridized carbons (Fsp3) is 0.409. The first-order chi connectivity index (χ1) is 13.1. The van der Waals surface area contributed by atoms with Crippen molar-refractivity contribution in [1.82, 2.24) is 5.32 Å². The number of piperidine rings is 1. The lowest BCUT2D eigenvalue weighted by Crippen LogP contribution is -2.48. The zero-order valence-electron chi connectivity index (χ0n) is 16.1. The van der Waals surface area contributed by atoms with Crippen molar-refractivity contribution in [2.75, 3.05) is 37.4 Å². The van der Waals surface area contributed by atoms with Crippen molar-refractivity contribution >= 4 is 28.8 Å². The number of halogens is 1. The SMILES string of the molecule is CN(C)c1ccc2c(c1)CC1(CCNCC1)C(=NCc1cccc(Cl)c1)N2. The van der Waals surface area contributed by atoms with E-state index in [1.165, 1.54) is 16.9 Å². The van der Waals surface area contributed by atoms with Crippen LogP contribution >= 0.6 is 11.6 Å². The average Bonchev–Trinajstić information content (AvgIpc) is 2.66. The van der Waals surface area contributed by atoms with Gasteiger partial charge in [0, 0.05) is 35.9 Å². The molecular formula is C22H27ClN4. The molecule has 27 heavy (non-hydrogen) atoms. The van der Waals surface area contributed by atoms with Crippen LogP contribution in [0.5, 0.6) is 0 Å². The molecule has 0 amide bonds. The highest BCUT2D eigenvalue weighted by atomic mass is 35.5. The van der Waals surface area contributed by atoms with Crippen LogP contribution in [0, 0.1) is 5.41 Å². The Morgan fingerprint density at radius 2 is 1.93 bits per heavy atom. The van der Waals surface area contributed by atoms with Crippen LogP contribution in [-0.4, -0.2) is 33.0 Å². The van der Waals surface area contributed by atoms with Crippen molar-refractivity contribution in [3.05, 3.63) is 58.6 Å². The summed E-state index contributed by atoms with van der Waals surface area (Å²) in [5.41, 5.74) is 5.08. The summed E-state index contributed by atoms with van der Waals surface area (Å²) in [6.07, 6.45) is 3.27. The molecule has 2 N–H and O–H groups in total. The number of aliphatic imine (C=N–C) groups is 1. The minimum Gasteiger partial charge on any atom is -0.378 e. The molecule has 2 aromatic carbocycles. The Bertz CT molecular complexity index is 853. The summed E-state index contributed by atoms with van der Waals surface area (Å²) >= 11 is 6.14. The molecule has 4 nitrogen and oxygen atoms in total. The molecule has 1 saturated heterocycles. The number of hydrogen-bond acceptors (Lipinski definition) is 3. The molecule has 2 aliphatic rings. The molecule has 0 saturated carbocycles. The minimum atomic E-state index is 0.0990. The van der Waals surface area contributed by atoms with Crippen LogP contribution in [0.3, 0.4) is 0 Å². The van der Waals surface area contributed by atoms with Gasteiger partial charge in [0.1, 0.15) is 5.84 Å². The van der Waals surface area contributed by atoms with Crippen LogP contribution in [0.15, 0.2) is 47.5 Å². The number of nitrogens with zero attached hydrogens (tertiary/aromatic N) is 2. The Labute approximate surface area is 166 Å². The second kappa shape index (κ2) is 7.53. The third-order valence-electron chi connectivity index (χ3n) is 5.76. The number of fused-ring (bicyclic) bond motifs is 1. The lowest BCUT2D eigenvalue weighted by Gasteiger charge is -2.43. The summed E-state index contributed by atoms with van der Waals surface area (Å²) in [6, 6.07) is 14.7. The second-order valence-electron chi connectivity index (χ2n) is 7.86. The third-order valence-corrected chi connectivity index (χ3v) is 5.99. The maximum atomic E-state index is 6.14. The molecule has 4 rings (SSSR count). The third kappa shape index (κ3) is 3.83. The van der Waals surface area contributed by atoms with Crippen LogP contribution in [0.2, 0.25) is 5.02 Å². The quantitative estimate of drug-likeness (QED) is 0.829. The number of nitrogens with one attached hydrogen (secondary N) is 2. The highest BCUT2D eigenvalue weighted by molar-refractivity contribution is 6.30. The fourth-order valence-electron chi connectivity index (χ4n) is 4.17. The van der Waals surface area contributed by atoms with Crippen LogP contribution < -0.4 is 15.5 Å². The second-order valence-corrected chi connectivity index (χ2v) is 8.30. The van der Waals surface area contributed by atoms with Crippen LogP contribution in [0.4, 0.5) is 11.4 Å². The molecule has 1 spiro atoms. The van der Waals surface area contributed by atoms with E-state index >= 15 is 0 Å². The Morgan fingerprint density at radius 3 is 2.67 bits per heavy atom.